The van der Waals surface area contributed by atoms with Crippen LogP contribution in [0.1, 0.15) is 27.9 Å². The van der Waals surface area contributed by atoms with E-state index >= 15 is 0 Å². The molecule has 1 aromatic carbocycles. The van der Waals surface area contributed by atoms with Crippen molar-refractivity contribution in [2.75, 3.05) is 18.6 Å². The van der Waals surface area contributed by atoms with Gasteiger partial charge in [-0.15, -0.1) is 0 Å². The van der Waals surface area contributed by atoms with Crippen molar-refractivity contribution >= 4 is 15.7 Å². The molecule has 0 spiro atoms. The average Bonchev–Trinajstić information content (AvgIpc) is 2.94. The molecule has 1 fully saturated rings. The van der Waals surface area contributed by atoms with Crippen molar-refractivity contribution in [2.24, 2.45) is 0 Å². The minimum absolute atomic E-state index is 0.00959. The van der Waals surface area contributed by atoms with Gasteiger partial charge < -0.3 is 10.1 Å². The van der Waals surface area contributed by atoms with Gasteiger partial charge in [0.2, 0.25) is 0 Å². The molecule has 0 unspecified atom stereocenters. The van der Waals surface area contributed by atoms with Gasteiger partial charge in [0.05, 0.1) is 24.2 Å². The number of sulfone groups is 1. The molecule has 1 saturated heterocycles. The first kappa shape index (κ1) is 17.4. The van der Waals surface area contributed by atoms with Gasteiger partial charge in [-0.1, -0.05) is 12.1 Å². The lowest BCUT2D eigenvalue weighted by Crippen LogP contribution is -2.35. The van der Waals surface area contributed by atoms with E-state index in [4.69, 9.17) is 4.74 Å². The number of hydrogen-bond donors (Lipinski definition) is 1. The van der Waals surface area contributed by atoms with E-state index < -0.39 is 9.84 Å². The molecule has 25 heavy (non-hydrogen) atoms. The molecule has 0 aliphatic carbocycles. The minimum atomic E-state index is -3.02. The predicted octanol–water partition coefficient (Wildman–Crippen LogP) is 1.60. The van der Waals surface area contributed by atoms with Crippen LogP contribution in [0, 0.1) is 0 Å². The fourth-order valence-electron chi connectivity index (χ4n) is 2.90. The standard InChI is InChI=1S/C18H20N2O4S/c1-24-17-4-2-3-13(9-17)7-14-8-15(11-19-10-14)18(21)20-16-5-6-25(22,23)12-16/h2-4,8-11,16H,5-7,12H2,1H3,(H,20,21)/t16-/m0/s1. The van der Waals surface area contributed by atoms with Gasteiger partial charge in [-0.3, -0.25) is 9.78 Å². The SMILES string of the molecule is COc1cccc(Cc2cncc(C(=O)N[C@H]3CCS(=O)(=O)C3)c2)c1. The number of ether oxygens (including phenoxy) is 1. The summed E-state index contributed by atoms with van der Waals surface area (Å²) in [6.45, 7) is 0. The second-order valence-corrected chi connectivity index (χ2v) is 8.41. The van der Waals surface area contributed by atoms with Gasteiger partial charge in [-0.05, 0) is 42.2 Å². The van der Waals surface area contributed by atoms with Gasteiger partial charge in [-0.2, -0.15) is 0 Å². The highest BCUT2D eigenvalue weighted by atomic mass is 32.2. The largest absolute Gasteiger partial charge is 0.497 e. The average molecular weight is 360 g/mol. The Morgan fingerprint density at radius 2 is 2.12 bits per heavy atom. The second kappa shape index (κ2) is 7.23. The van der Waals surface area contributed by atoms with Gasteiger partial charge in [-0.25, -0.2) is 8.42 Å². The Labute approximate surface area is 147 Å². The van der Waals surface area contributed by atoms with Crippen LogP contribution >= 0.6 is 0 Å². The number of rotatable bonds is 5. The van der Waals surface area contributed by atoms with E-state index in [-0.39, 0.29) is 23.5 Å². The second-order valence-electron chi connectivity index (χ2n) is 6.18. The van der Waals surface area contributed by atoms with Gasteiger partial charge in [0.1, 0.15) is 5.75 Å². The maximum Gasteiger partial charge on any atom is 0.253 e. The molecule has 3 rings (SSSR count). The Kier molecular flexibility index (Phi) is 5.03. The first-order chi connectivity index (χ1) is 11.9. The predicted molar refractivity (Wildman–Crippen MR) is 94.6 cm³/mol. The van der Waals surface area contributed by atoms with Crippen LogP contribution in [0.2, 0.25) is 0 Å². The molecular weight excluding hydrogens is 340 g/mol. The number of benzene rings is 1. The van der Waals surface area contributed by atoms with Gasteiger partial charge >= 0.3 is 0 Å². The van der Waals surface area contributed by atoms with Crippen molar-refractivity contribution in [3.8, 4) is 5.75 Å². The van der Waals surface area contributed by atoms with Crippen LogP contribution in [0.4, 0.5) is 0 Å². The Bertz CT molecular complexity index is 880. The maximum absolute atomic E-state index is 12.4. The van der Waals surface area contributed by atoms with Crippen molar-refractivity contribution in [1.29, 1.82) is 0 Å². The number of hydrogen-bond acceptors (Lipinski definition) is 5. The zero-order valence-electron chi connectivity index (χ0n) is 13.9. The zero-order chi connectivity index (χ0) is 17.9. The summed E-state index contributed by atoms with van der Waals surface area (Å²) in [6, 6.07) is 9.18. The number of carbonyl (C=O) groups is 1. The van der Waals surface area contributed by atoms with Gasteiger partial charge in [0, 0.05) is 18.4 Å². The summed E-state index contributed by atoms with van der Waals surface area (Å²) in [4.78, 5) is 16.5. The summed E-state index contributed by atoms with van der Waals surface area (Å²) < 4.78 is 28.2. The fourth-order valence-corrected chi connectivity index (χ4v) is 4.58. The fraction of sp³-hybridized carbons (Fsp3) is 0.333. The Morgan fingerprint density at radius 1 is 1.28 bits per heavy atom. The third-order valence-electron chi connectivity index (χ3n) is 4.17. The Morgan fingerprint density at radius 3 is 2.84 bits per heavy atom. The highest BCUT2D eigenvalue weighted by molar-refractivity contribution is 7.91. The van der Waals surface area contributed by atoms with Crippen LogP contribution in [-0.2, 0) is 16.3 Å². The van der Waals surface area contributed by atoms with Gasteiger partial charge in [0.15, 0.2) is 9.84 Å². The Hall–Kier alpha value is -2.41. The lowest BCUT2D eigenvalue weighted by atomic mass is 10.0. The number of nitrogens with zero attached hydrogens (tertiary/aromatic N) is 1. The summed E-state index contributed by atoms with van der Waals surface area (Å²) in [5, 5.41) is 2.78. The van der Waals surface area contributed by atoms with Crippen LogP contribution in [-0.4, -0.2) is 44.0 Å². The van der Waals surface area contributed by atoms with Crippen LogP contribution in [0.5, 0.6) is 5.75 Å². The van der Waals surface area contributed by atoms with E-state index in [1.807, 2.05) is 24.3 Å². The molecule has 2 aromatic rings. The molecule has 1 aliphatic heterocycles. The number of aromatic nitrogens is 1. The molecule has 6 nitrogen and oxygen atoms in total. The molecule has 7 heteroatoms. The highest BCUT2D eigenvalue weighted by Gasteiger charge is 2.29. The van der Waals surface area contributed by atoms with E-state index in [2.05, 4.69) is 10.3 Å². The third-order valence-corrected chi connectivity index (χ3v) is 5.94. The van der Waals surface area contributed by atoms with Gasteiger partial charge in [0.25, 0.3) is 5.91 Å². The molecule has 2 heterocycles. The van der Waals surface area contributed by atoms with Crippen LogP contribution in [0.15, 0.2) is 42.7 Å². The third kappa shape index (κ3) is 4.57. The number of pyridine rings is 1. The number of methoxy groups -OCH3 is 1. The molecule has 0 saturated carbocycles. The highest BCUT2D eigenvalue weighted by Crippen LogP contribution is 2.17. The number of carbonyl (C=O) groups excluding carboxylic acids is 1. The summed E-state index contributed by atoms with van der Waals surface area (Å²) >= 11 is 0. The Balaban J connectivity index is 1.69. The van der Waals surface area contributed by atoms with E-state index in [1.165, 1.54) is 6.20 Å². The minimum Gasteiger partial charge on any atom is -0.497 e. The van der Waals surface area contributed by atoms with Crippen LogP contribution < -0.4 is 10.1 Å². The first-order valence-electron chi connectivity index (χ1n) is 8.03. The molecule has 1 atom stereocenters. The van der Waals surface area contributed by atoms with Crippen LogP contribution in [0.3, 0.4) is 0 Å². The van der Waals surface area contributed by atoms with Crippen molar-refractivity contribution in [2.45, 2.75) is 18.9 Å². The summed E-state index contributed by atoms with van der Waals surface area (Å²) in [5.74, 6) is 0.630. The molecule has 0 bridgehead atoms. The van der Waals surface area contributed by atoms with Crippen molar-refractivity contribution in [3.05, 3.63) is 59.4 Å². The number of amides is 1. The monoisotopic (exact) mass is 360 g/mol. The first-order valence-corrected chi connectivity index (χ1v) is 9.85. The van der Waals surface area contributed by atoms with Crippen molar-refractivity contribution in [1.82, 2.24) is 10.3 Å². The lowest BCUT2D eigenvalue weighted by molar-refractivity contribution is 0.0940. The lowest BCUT2D eigenvalue weighted by Gasteiger charge is -2.11. The zero-order valence-corrected chi connectivity index (χ0v) is 14.8. The van der Waals surface area contributed by atoms with Crippen molar-refractivity contribution in [3.63, 3.8) is 0 Å². The molecular formula is C18H20N2O4S. The quantitative estimate of drug-likeness (QED) is 0.875. The smallest absolute Gasteiger partial charge is 0.253 e. The molecule has 132 valence electrons. The molecule has 1 aliphatic rings. The summed E-state index contributed by atoms with van der Waals surface area (Å²) in [7, 11) is -1.40. The normalized spacial score (nSPS) is 18.7. The van der Waals surface area contributed by atoms with E-state index in [0.717, 1.165) is 16.9 Å². The molecule has 0 radical (unpaired) electrons. The molecule has 1 aromatic heterocycles. The van der Waals surface area contributed by atoms with E-state index in [1.54, 1.807) is 19.4 Å². The number of nitrogens with one attached hydrogen (secondary N) is 1. The summed E-state index contributed by atoms with van der Waals surface area (Å²) in [6.07, 6.45) is 4.30. The van der Waals surface area contributed by atoms with Crippen molar-refractivity contribution < 1.29 is 17.9 Å². The van der Waals surface area contributed by atoms with E-state index in [9.17, 15) is 13.2 Å². The molecule has 1 amide bonds. The topological polar surface area (TPSA) is 85.4 Å². The van der Waals surface area contributed by atoms with Crippen LogP contribution in [0.25, 0.3) is 0 Å². The maximum atomic E-state index is 12.4. The molecule has 1 N–H and O–H groups in total. The van der Waals surface area contributed by atoms with E-state index in [0.29, 0.717) is 18.4 Å². The summed E-state index contributed by atoms with van der Waals surface area (Å²) in [5.41, 5.74) is 2.39.